The van der Waals surface area contributed by atoms with E-state index in [4.69, 9.17) is 5.26 Å². The van der Waals surface area contributed by atoms with Crippen LogP contribution in [-0.2, 0) is 4.79 Å². The maximum atomic E-state index is 12.6. The summed E-state index contributed by atoms with van der Waals surface area (Å²) in [7, 11) is 1.86. The van der Waals surface area contributed by atoms with Crippen molar-refractivity contribution in [2.75, 3.05) is 25.0 Å². The molecule has 1 aliphatic heterocycles. The molecular formula is C15H16N4O. The number of anilines is 1. The van der Waals surface area contributed by atoms with Gasteiger partial charge in [-0.2, -0.15) is 10.5 Å². The lowest BCUT2D eigenvalue weighted by Gasteiger charge is -2.27. The second-order valence-corrected chi connectivity index (χ2v) is 4.83. The van der Waals surface area contributed by atoms with Gasteiger partial charge in [0.05, 0.1) is 23.7 Å². The lowest BCUT2D eigenvalue weighted by atomic mass is 10.1. The molecule has 5 heteroatoms. The van der Waals surface area contributed by atoms with Gasteiger partial charge in [0, 0.05) is 13.1 Å². The number of carbonyl (C=O) groups is 1. The average Bonchev–Trinajstić information content (AvgIpc) is 2.60. The third kappa shape index (κ3) is 2.64. The lowest BCUT2D eigenvalue weighted by Crippen LogP contribution is -2.44. The highest BCUT2D eigenvalue weighted by Crippen LogP contribution is 2.24. The van der Waals surface area contributed by atoms with Crippen molar-refractivity contribution < 1.29 is 4.79 Å². The minimum absolute atomic E-state index is 0.103. The molecule has 0 radical (unpaired) electrons. The fourth-order valence-corrected chi connectivity index (χ4v) is 2.49. The Morgan fingerprint density at radius 3 is 2.75 bits per heavy atom. The Hall–Kier alpha value is -2.37. The smallest absolute Gasteiger partial charge is 0.245 e. The van der Waals surface area contributed by atoms with Crippen molar-refractivity contribution in [1.29, 1.82) is 10.5 Å². The maximum Gasteiger partial charge on any atom is 0.245 e. The molecule has 1 heterocycles. The molecule has 1 aromatic carbocycles. The zero-order valence-electron chi connectivity index (χ0n) is 11.4. The monoisotopic (exact) mass is 268 g/mol. The van der Waals surface area contributed by atoms with Gasteiger partial charge in [-0.05, 0) is 25.6 Å². The fourth-order valence-electron chi connectivity index (χ4n) is 2.49. The number of nitrogens with zero attached hydrogens (tertiary/aromatic N) is 4. The number of likely N-dealkylation sites (N-methyl/N-ethyl adjacent to an activating group) is 1. The number of hydrogen-bond acceptors (Lipinski definition) is 4. The van der Waals surface area contributed by atoms with E-state index in [2.05, 4.69) is 12.1 Å². The van der Waals surface area contributed by atoms with Crippen molar-refractivity contribution in [3.8, 4) is 12.1 Å². The Bertz CT molecular complexity index is 584. The number of carbonyl (C=O) groups excluding carboxylic acids is 1. The normalized spacial score (nSPS) is 20.1. The molecule has 0 aromatic heterocycles. The molecule has 1 aliphatic rings. The summed E-state index contributed by atoms with van der Waals surface area (Å²) in [4.78, 5) is 16.2. The van der Waals surface area contributed by atoms with Gasteiger partial charge in [-0.15, -0.1) is 0 Å². The van der Waals surface area contributed by atoms with Crippen molar-refractivity contribution in [2.45, 2.75) is 18.9 Å². The van der Waals surface area contributed by atoms with E-state index in [9.17, 15) is 10.1 Å². The number of rotatable bonds is 2. The molecule has 0 N–H and O–H groups in total. The third-order valence-electron chi connectivity index (χ3n) is 3.58. The number of para-hydroxylation sites is 1. The molecule has 1 unspecified atom stereocenters. The molecule has 5 nitrogen and oxygen atoms in total. The average molecular weight is 268 g/mol. The van der Waals surface area contributed by atoms with E-state index < -0.39 is 6.04 Å². The van der Waals surface area contributed by atoms with Gasteiger partial charge in [-0.3, -0.25) is 9.69 Å². The van der Waals surface area contributed by atoms with Crippen LogP contribution in [0.1, 0.15) is 18.4 Å². The van der Waals surface area contributed by atoms with Crippen LogP contribution in [0.3, 0.4) is 0 Å². The molecule has 0 aliphatic carbocycles. The van der Waals surface area contributed by atoms with Gasteiger partial charge in [0.1, 0.15) is 12.1 Å². The first kappa shape index (κ1) is 14.0. The van der Waals surface area contributed by atoms with E-state index in [0.717, 1.165) is 13.0 Å². The van der Waals surface area contributed by atoms with Crippen molar-refractivity contribution in [1.82, 2.24) is 4.90 Å². The van der Waals surface area contributed by atoms with Gasteiger partial charge in [-0.25, -0.2) is 0 Å². The third-order valence-corrected chi connectivity index (χ3v) is 3.58. The Labute approximate surface area is 118 Å². The number of hydrogen-bond donors (Lipinski definition) is 0. The van der Waals surface area contributed by atoms with Crippen molar-refractivity contribution >= 4 is 11.6 Å². The van der Waals surface area contributed by atoms with Crippen molar-refractivity contribution in [3.63, 3.8) is 0 Å². The standard InChI is InChI=1S/C15H16N4O/c1-18-9-4-10-19(15(20)14(18)7-8-16)13-6-3-2-5-12(13)11-17/h2-3,5-6,14H,4,7,9-10H2,1H3. The zero-order chi connectivity index (χ0) is 14.5. The molecule has 0 saturated carbocycles. The molecule has 1 atom stereocenters. The molecule has 1 saturated heterocycles. The van der Waals surface area contributed by atoms with Gasteiger partial charge in [0.2, 0.25) is 5.91 Å². The minimum Gasteiger partial charge on any atom is -0.310 e. The predicted molar refractivity (Wildman–Crippen MR) is 74.8 cm³/mol. The van der Waals surface area contributed by atoms with Crippen molar-refractivity contribution in [2.24, 2.45) is 0 Å². The van der Waals surface area contributed by atoms with E-state index in [0.29, 0.717) is 17.8 Å². The maximum absolute atomic E-state index is 12.6. The van der Waals surface area contributed by atoms with Crippen LogP contribution >= 0.6 is 0 Å². The van der Waals surface area contributed by atoms with Crippen LogP contribution in [-0.4, -0.2) is 37.0 Å². The highest BCUT2D eigenvalue weighted by molar-refractivity contribution is 5.98. The molecule has 20 heavy (non-hydrogen) atoms. The zero-order valence-corrected chi connectivity index (χ0v) is 11.4. The molecule has 0 bridgehead atoms. The molecule has 102 valence electrons. The van der Waals surface area contributed by atoms with Crippen LogP contribution in [0.25, 0.3) is 0 Å². The molecule has 0 spiro atoms. The van der Waals surface area contributed by atoms with E-state index in [1.165, 1.54) is 0 Å². The van der Waals surface area contributed by atoms with E-state index >= 15 is 0 Å². The first-order chi connectivity index (χ1) is 9.69. The van der Waals surface area contributed by atoms with Crippen LogP contribution in [0.15, 0.2) is 24.3 Å². The summed E-state index contributed by atoms with van der Waals surface area (Å²) in [6, 6.07) is 10.8. The summed E-state index contributed by atoms with van der Waals surface area (Å²) >= 11 is 0. The molecular weight excluding hydrogens is 252 g/mol. The first-order valence-corrected chi connectivity index (χ1v) is 6.56. The second-order valence-electron chi connectivity index (χ2n) is 4.83. The lowest BCUT2D eigenvalue weighted by molar-refractivity contribution is -0.122. The summed E-state index contributed by atoms with van der Waals surface area (Å²) in [5.74, 6) is -0.103. The molecule has 1 amide bonds. The SMILES string of the molecule is CN1CCCN(c2ccccc2C#N)C(=O)C1CC#N. The van der Waals surface area contributed by atoms with Crippen LogP contribution in [0, 0.1) is 22.7 Å². The topological polar surface area (TPSA) is 71.1 Å². The first-order valence-electron chi connectivity index (χ1n) is 6.56. The van der Waals surface area contributed by atoms with E-state index in [1.54, 1.807) is 23.1 Å². The van der Waals surface area contributed by atoms with Crippen LogP contribution in [0.4, 0.5) is 5.69 Å². The summed E-state index contributed by atoms with van der Waals surface area (Å²) in [5.41, 5.74) is 1.12. The van der Waals surface area contributed by atoms with Gasteiger partial charge < -0.3 is 4.90 Å². The quantitative estimate of drug-likeness (QED) is 0.815. The van der Waals surface area contributed by atoms with Crippen molar-refractivity contribution in [3.05, 3.63) is 29.8 Å². The number of amides is 1. The summed E-state index contributed by atoms with van der Waals surface area (Å²) in [6.07, 6.45) is 0.991. The highest BCUT2D eigenvalue weighted by atomic mass is 16.2. The predicted octanol–water partition coefficient (Wildman–Crippen LogP) is 1.51. The van der Waals surface area contributed by atoms with Gasteiger partial charge in [-0.1, -0.05) is 12.1 Å². The Morgan fingerprint density at radius 1 is 1.30 bits per heavy atom. The molecule has 2 rings (SSSR count). The highest BCUT2D eigenvalue weighted by Gasteiger charge is 2.32. The Balaban J connectivity index is 2.38. The second kappa shape index (κ2) is 6.18. The van der Waals surface area contributed by atoms with Gasteiger partial charge in [0.15, 0.2) is 0 Å². The minimum atomic E-state index is -0.436. The summed E-state index contributed by atoms with van der Waals surface area (Å²) < 4.78 is 0. The van der Waals surface area contributed by atoms with E-state index in [1.807, 2.05) is 18.0 Å². The molecule has 1 fully saturated rings. The van der Waals surface area contributed by atoms with Crippen LogP contribution < -0.4 is 4.90 Å². The summed E-state index contributed by atoms with van der Waals surface area (Å²) in [6.45, 7) is 1.34. The number of benzene rings is 1. The summed E-state index contributed by atoms with van der Waals surface area (Å²) in [5, 5.41) is 18.1. The fraction of sp³-hybridized carbons (Fsp3) is 0.400. The largest absolute Gasteiger partial charge is 0.310 e. The van der Waals surface area contributed by atoms with Gasteiger partial charge in [0.25, 0.3) is 0 Å². The van der Waals surface area contributed by atoms with Crippen LogP contribution in [0.5, 0.6) is 0 Å². The Kier molecular flexibility index (Phi) is 4.34. The van der Waals surface area contributed by atoms with Gasteiger partial charge >= 0.3 is 0 Å². The molecule has 1 aromatic rings. The Morgan fingerprint density at radius 2 is 2.05 bits per heavy atom. The number of nitriles is 2. The van der Waals surface area contributed by atoms with E-state index in [-0.39, 0.29) is 12.3 Å². The van der Waals surface area contributed by atoms with Crippen LogP contribution in [0.2, 0.25) is 0 Å².